The number of rotatable bonds is 6. The lowest BCUT2D eigenvalue weighted by Gasteiger charge is -2.35. The van der Waals surface area contributed by atoms with Crippen LogP contribution in [-0.2, 0) is 11.3 Å². The standard InChI is InChI=1S/C21H24N4O4/c1-16-5-2-3-6-18(16)15-23-9-11-24(12-10-23)20(26)14-22-21(27)17-7-4-8-19(13-17)25(28)29/h2-8,13H,9-12,14-15H2,1H3,(H,22,27). The number of amides is 2. The topological polar surface area (TPSA) is 95.8 Å². The zero-order chi connectivity index (χ0) is 20.8. The van der Waals surface area contributed by atoms with Crippen LogP contribution in [0.4, 0.5) is 5.69 Å². The molecule has 2 amide bonds. The number of carbonyl (C=O) groups excluding carboxylic acids is 2. The summed E-state index contributed by atoms with van der Waals surface area (Å²) in [7, 11) is 0. The van der Waals surface area contributed by atoms with E-state index >= 15 is 0 Å². The predicted octanol–water partition coefficient (Wildman–Crippen LogP) is 1.98. The average molecular weight is 396 g/mol. The maximum absolute atomic E-state index is 12.4. The number of nitro groups is 1. The van der Waals surface area contributed by atoms with E-state index in [2.05, 4.69) is 29.3 Å². The van der Waals surface area contributed by atoms with Gasteiger partial charge in [0.2, 0.25) is 5.91 Å². The van der Waals surface area contributed by atoms with E-state index in [-0.39, 0.29) is 23.7 Å². The normalized spacial score (nSPS) is 14.4. The van der Waals surface area contributed by atoms with Gasteiger partial charge in [-0.1, -0.05) is 30.3 Å². The first kappa shape index (κ1) is 20.5. The zero-order valence-electron chi connectivity index (χ0n) is 16.3. The Morgan fingerprint density at radius 3 is 2.48 bits per heavy atom. The van der Waals surface area contributed by atoms with Crippen molar-refractivity contribution in [2.24, 2.45) is 0 Å². The van der Waals surface area contributed by atoms with Crippen LogP contribution in [0.25, 0.3) is 0 Å². The summed E-state index contributed by atoms with van der Waals surface area (Å²) in [5.41, 5.74) is 2.55. The first-order valence-corrected chi connectivity index (χ1v) is 9.51. The van der Waals surface area contributed by atoms with Crippen LogP contribution in [-0.4, -0.2) is 59.3 Å². The third-order valence-electron chi connectivity index (χ3n) is 5.10. The van der Waals surface area contributed by atoms with Crippen LogP contribution in [0.3, 0.4) is 0 Å². The largest absolute Gasteiger partial charge is 0.343 e. The minimum Gasteiger partial charge on any atom is -0.343 e. The third kappa shape index (κ3) is 5.39. The molecule has 1 saturated heterocycles. The highest BCUT2D eigenvalue weighted by atomic mass is 16.6. The molecule has 0 aliphatic carbocycles. The smallest absolute Gasteiger partial charge is 0.270 e. The number of non-ortho nitro benzene ring substituents is 1. The van der Waals surface area contributed by atoms with Crippen molar-refractivity contribution >= 4 is 17.5 Å². The second-order valence-electron chi connectivity index (χ2n) is 7.07. The first-order chi connectivity index (χ1) is 13.9. The molecule has 0 saturated carbocycles. The van der Waals surface area contributed by atoms with Gasteiger partial charge in [-0.15, -0.1) is 0 Å². The van der Waals surface area contributed by atoms with Gasteiger partial charge in [-0.25, -0.2) is 0 Å². The molecule has 0 bridgehead atoms. The SMILES string of the molecule is Cc1ccccc1CN1CCN(C(=O)CNC(=O)c2cccc([N+](=O)[O-])c2)CC1. The molecule has 0 radical (unpaired) electrons. The number of nitrogens with zero attached hydrogens (tertiary/aromatic N) is 3. The summed E-state index contributed by atoms with van der Waals surface area (Å²) in [6, 6.07) is 13.7. The minimum atomic E-state index is -0.557. The number of hydrogen-bond acceptors (Lipinski definition) is 5. The van der Waals surface area contributed by atoms with Gasteiger partial charge in [-0.3, -0.25) is 24.6 Å². The molecule has 1 aliphatic rings. The summed E-state index contributed by atoms with van der Waals surface area (Å²) >= 11 is 0. The number of piperazine rings is 1. The lowest BCUT2D eigenvalue weighted by Crippen LogP contribution is -2.50. The summed E-state index contributed by atoms with van der Waals surface area (Å²) in [6.45, 7) is 5.60. The Labute approximate surface area is 169 Å². The maximum Gasteiger partial charge on any atom is 0.270 e. The van der Waals surface area contributed by atoms with Crippen molar-refractivity contribution in [1.29, 1.82) is 0 Å². The molecule has 1 aliphatic heterocycles. The van der Waals surface area contributed by atoms with Gasteiger partial charge in [-0.2, -0.15) is 0 Å². The van der Waals surface area contributed by atoms with E-state index in [1.165, 1.54) is 35.4 Å². The minimum absolute atomic E-state index is 0.126. The molecule has 0 atom stereocenters. The number of aryl methyl sites for hydroxylation is 1. The molecule has 1 heterocycles. The molecule has 8 nitrogen and oxygen atoms in total. The molecule has 29 heavy (non-hydrogen) atoms. The van der Waals surface area contributed by atoms with Crippen LogP contribution in [0, 0.1) is 17.0 Å². The molecule has 0 unspecified atom stereocenters. The predicted molar refractivity (Wildman–Crippen MR) is 108 cm³/mol. The number of hydrogen-bond donors (Lipinski definition) is 1. The zero-order valence-corrected chi connectivity index (χ0v) is 16.3. The Morgan fingerprint density at radius 2 is 1.79 bits per heavy atom. The van der Waals surface area contributed by atoms with Gasteiger partial charge < -0.3 is 10.2 Å². The van der Waals surface area contributed by atoms with E-state index in [0.717, 1.165) is 19.6 Å². The van der Waals surface area contributed by atoms with Crippen LogP contribution in [0.15, 0.2) is 48.5 Å². The molecular formula is C21H24N4O4. The van der Waals surface area contributed by atoms with Gasteiger partial charge in [0.15, 0.2) is 0 Å². The van der Waals surface area contributed by atoms with Gasteiger partial charge >= 0.3 is 0 Å². The van der Waals surface area contributed by atoms with E-state index in [1.807, 2.05) is 12.1 Å². The Morgan fingerprint density at radius 1 is 1.07 bits per heavy atom. The van der Waals surface area contributed by atoms with Crippen LogP contribution in [0.1, 0.15) is 21.5 Å². The molecule has 3 rings (SSSR count). The first-order valence-electron chi connectivity index (χ1n) is 9.51. The quantitative estimate of drug-likeness (QED) is 0.595. The van der Waals surface area contributed by atoms with E-state index in [9.17, 15) is 19.7 Å². The monoisotopic (exact) mass is 396 g/mol. The fourth-order valence-electron chi connectivity index (χ4n) is 3.31. The molecule has 0 aromatic heterocycles. The molecule has 2 aromatic rings. The lowest BCUT2D eigenvalue weighted by atomic mass is 10.1. The van der Waals surface area contributed by atoms with Crippen LogP contribution in [0.2, 0.25) is 0 Å². The molecule has 0 spiro atoms. The van der Waals surface area contributed by atoms with Crippen LogP contribution in [0.5, 0.6) is 0 Å². The third-order valence-corrected chi connectivity index (χ3v) is 5.10. The van der Waals surface area contributed by atoms with Gasteiger partial charge in [-0.05, 0) is 24.1 Å². The average Bonchev–Trinajstić information content (AvgIpc) is 2.74. The molecule has 8 heteroatoms. The molecular weight excluding hydrogens is 372 g/mol. The highest BCUT2D eigenvalue weighted by Gasteiger charge is 2.22. The Hall–Kier alpha value is -3.26. The van der Waals surface area contributed by atoms with E-state index in [1.54, 1.807) is 4.90 Å². The van der Waals surface area contributed by atoms with Crippen molar-refractivity contribution < 1.29 is 14.5 Å². The Kier molecular flexibility index (Phi) is 6.56. The van der Waals surface area contributed by atoms with Crippen LogP contribution >= 0.6 is 0 Å². The van der Waals surface area contributed by atoms with Gasteiger partial charge in [0.05, 0.1) is 11.5 Å². The van der Waals surface area contributed by atoms with E-state index in [0.29, 0.717) is 13.1 Å². The number of nitrogens with one attached hydrogen (secondary N) is 1. The molecule has 1 N–H and O–H groups in total. The number of nitro benzene ring substituents is 1. The Balaban J connectivity index is 1.46. The van der Waals surface area contributed by atoms with Crippen LogP contribution < -0.4 is 5.32 Å². The fraction of sp³-hybridized carbons (Fsp3) is 0.333. The number of carbonyl (C=O) groups is 2. The van der Waals surface area contributed by atoms with E-state index < -0.39 is 10.8 Å². The van der Waals surface area contributed by atoms with Gasteiger partial charge in [0.1, 0.15) is 0 Å². The van der Waals surface area contributed by atoms with Crippen molar-refractivity contribution in [2.75, 3.05) is 32.7 Å². The van der Waals surface area contributed by atoms with Crippen molar-refractivity contribution in [3.63, 3.8) is 0 Å². The van der Waals surface area contributed by atoms with Gasteiger partial charge in [0, 0.05) is 50.4 Å². The second kappa shape index (κ2) is 9.29. The lowest BCUT2D eigenvalue weighted by molar-refractivity contribution is -0.384. The highest BCUT2D eigenvalue weighted by molar-refractivity contribution is 5.96. The molecule has 1 fully saturated rings. The highest BCUT2D eigenvalue weighted by Crippen LogP contribution is 2.14. The van der Waals surface area contributed by atoms with Crippen molar-refractivity contribution in [3.8, 4) is 0 Å². The summed E-state index contributed by atoms with van der Waals surface area (Å²) in [4.78, 5) is 38.9. The second-order valence-corrected chi connectivity index (χ2v) is 7.07. The number of benzene rings is 2. The summed E-state index contributed by atoms with van der Waals surface area (Å²) in [5.74, 6) is -0.653. The van der Waals surface area contributed by atoms with Crippen molar-refractivity contribution in [3.05, 3.63) is 75.3 Å². The maximum atomic E-state index is 12.4. The summed E-state index contributed by atoms with van der Waals surface area (Å²) < 4.78 is 0. The van der Waals surface area contributed by atoms with E-state index in [4.69, 9.17) is 0 Å². The van der Waals surface area contributed by atoms with Crippen molar-refractivity contribution in [2.45, 2.75) is 13.5 Å². The Bertz CT molecular complexity index is 907. The summed E-state index contributed by atoms with van der Waals surface area (Å²) in [5, 5.41) is 13.4. The van der Waals surface area contributed by atoms with Crippen molar-refractivity contribution in [1.82, 2.24) is 15.1 Å². The molecule has 2 aromatic carbocycles. The molecule has 152 valence electrons. The van der Waals surface area contributed by atoms with Gasteiger partial charge in [0.25, 0.3) is 11.6 Å². The summed E-state index contributed by atoms with van der Waals surface area (Å²) in [6.07, 6.45) is 0. The fourth-order valence-corrected chi connectivity index (χ4v) is 3.31.